The van der Waals surface area contributed by atoms with Gasteiger partial charge in [-0.2, -0.15) is 10.2 Å². The van der Waals surface area contributed by atoms with Gasteiger partial charge in [0.2, 0.25) is 5.69 Å². The van der Waals surface area contributed by atoms with Crippen LogP contribution in [-0.2, 0) is 23.7 Å². The number of Topliss-reactive ketones (excluding diaryl/α,β-unsaturated/α-hetero) is 2. The number of nitrogens with one attached hydrogen (secondary N) is 2. The molecule has 2 heterocycles. The number of hydrazine groups is 1. The summed E-state index contributed by atoms with van der Waals surface area (Å²) in [6.07, 6.45) is 0.0833. The normalized spacial score (nSPS) is 11.4. The predicted molar refractivity (Wildman–Crippen MR) is 498 cm³/mol. The summed E-state index contributed by atoms with van der Waals surface area (Å²) in [4.78, 5) is 20.1. The van der Waals surface area contributed by atoms with Crippen molar-refractivity contribution in [2.45, 2.75) is 89.5 Å². The molecule has 0 bridgehead atoms. The van der Waals surface area contributed by atoms with Crippen LogP contribution in [0.3, 0.4) is 0 Å². The molecule has 0 amide bonds. The first-order valence-corrected chi connectivity index (χ1v) is 89.1. The van der Waals surface area contributed by atoms with Crippen molar-refractivity contribution in [1.82, 2.24) is 20.3 Å². The Hall–Kier alpha value is 15.1. The van der Waals surface area contributed by atoms with Crippen LogP contribution in [0.2, 0.25) is 0 Å². The van der Waals surface area contributed by atoms with Crippen molar-refractivity contribution < 1.29 is 14.3 Å². The number of aromatic nitrogens is 4. The summed E-state index contributed by atoms with van der Waals surface area (Å²) in [5, 5.41) is 7.25. The van der Waals surface area contributed by atoms with Gasteiger partial charge in [0.1, 0.15) is 11.6 Å². The van der Waals surface area contributed by atoms with Crippen LogP contribution >= 0.6 is 326 Å². The SMILES string of the molecule is CC.CC.CC.CC(=O)CC(C)=O.CNN.Cc1cc(C)[n+](C)[nH]1.Cc1cc(C)n(C)n1.PP(P)P.PP(P)P(P)P(P(P)P)P(P)P.PPP(P(P)P)P(P(P)P)P(P)P.PPP(P)P(P(P)P)P(P)P.[B].[B].[B]. The van der Waals surface area contributed by atoms with E-state index in [-0.39, 0.29) is 148 Å². The number of nitrogens with two attached hydrogens (primary N) is 1. The molecule has 0 aliphatic rings. The van der Waals surface area contributed by atoms with Crippen LogP contribution in [0.15, 0.2) is 12.1 Å². The van der Waals surface area contributed by atoms with Gasteiger partial charge in [0.15, 0.2) is 7.05 Å². The third kappa shape index (κ3) is 81.4. The molecule has 0 aliphatic heterocycles. The van der Waals surface area contributed by atoms with Gasteiger partial charge in [-0.1, -0.05) is 57.5 Å². The van der Waals surface area contributed by atoms with E-state index in [2.05, 4.69) is 246 Å². The highest BCUT2D eigenvalue weighted by atomic mass is 33.3. The number of hydrogen-bond acceptors (Lipinski definition) is 5. The number of hydrogen-bond donors (Lipinski definition) is 3. The van der Waals surface area contributed by atoms with E-state index in [0.29, 0.717) is 0 Å². The van der Waals surface area contributed by atoms with Crippen molar-refractivity contribution in [3.8, 4) is 0 Å². The Balaban J connectivity index is -0.0000000606. The molecule has 0 fully saturated rings. The van der Waals surface area contributed by atoms with Gasteiger partial charge >= 0.3 is 0 Å². The lowest BCUT2D eigenvalue weighted by atomic mass is 10.2. The number of nitrogens with zero attached hydrogens (tertiary/aromatic N) is 3. The highest BCUT2D eigenvalue weighted by Gasteiger charge is 2.29. The Labute approximate surface area is 543 Å². The molecule has 4 N–H and O–H groups in total. The highest BCUT2D eigenvalue weighted by molar-refractivity contribution is 9.24. The molecular formula is C24H101B3N6O2P40+. The standard InChI is InChI=1S/2C6H10N2.C5H8O2.3C2H6.CH6N2.3B.H15P13.H14P12.H13P11.H6P4/c2*1-5-4-6(2)8(3)7-5;1-4(6)3-5(2)7;3*1-2;1-3-2;;;;1-8-12(9(2)3)13(10(4)5)11(6)7;1-8(2)11(7)12(9(3)4)10(5)6;1-7-10(6)11(8(2)3)9(4)5;1-4(2)3/h2*4H,1-3H3;3H2,1-2H3;3*1-2H3;3H,2H2,1H3;;;;8H,1-7H2;1-7H2;7H,1-6H2;1-3H2/p+1. The Kier molecular flexibility index (Phi) is 127. The van der Waals surface area contributed by atoms with Gasteiger partial charge in [-0.25, -0.2) is 0 Å². The Morgan fingerprint density at radius 1 is 0.600 bits per heavy atom. The lowest BCUT2D eigenvalue weighted by Crippen LogP contribution is -2.32. The summed E-state index contributed by atoms with van der Waals surface area (Å²) in [6, 6.07) is 4.17. The fourth-order valence-electron chi connectivity index (χ4n) is 3.23. The summed E-state index contributed by atoms with van der Waals surface area (Å²) in [6.45, 7) is 25.4. The van der Waals surface area contributed by atoms with Crippen molar-refractivity contribution in [3.05, 3.63) is 34.9 Å². The third-order valence-corrected chi connectivity index (χ3v) is 205. The van der Waals surface area contributed by atoms with Crippen LogP contribution in [-0.4, -0.2) is 58.7 Å². The first kappa shape index (κ1) is 117. The average Bonchev–Trinajstić information content (AvgIpc) is 3.71. The number of aryl methyl sites for hydroxylation is 6. The van der Waals surface area contributed by atoms with Crippen molar-refractivity contribution in [2.75, 3.05) is 7.05 Å². The van der Waals surface area contributed by atoms with Gasteiger partial charge in [0.25, 0.3) is 0 Å². The van der Waals surface area contributed by atoms with Gasteiger partial charge < -0.3 is 0 Å². The second-order valence-corrected chi connectivity index (χ2v) is 155. The number of rotatable bonds is 15. The Morgan fingerprint density at radius 2 is 0.907 bits per heavy atom. The minimum absolute atomic E-state index is 0. The minimum Gasteiger partial charge on any atom is -0.300 e. The Bertz CT molecular complexity index is 1360. The second kappa shape index (κ2) is 81.5. The number of carbonyl (C=O) groups is 2. The number of aromatic amines is 1. The van der Waals surface area contributed by atoms with Crippen LogP contribution in [0.4, 0.5) is 0 Å². The fraction of sp³-hybridized carbons (Fsp3) is 0.667. The fourth-order valence-corrected chi connectivity index (χ4v) is 328. The number of carbonyl (C=O) groups excluding carboxylic acids is 2. The van der Waals surface area contributed by atoms with Gasteiger partial charge in [-0.15, -0.1) is 210 Å². The molecule has 0 saturated carbocycles. The average molecular weight is 1780 g/mol. The quantitative estimate of drug-likeness (QED) is 0.0411. The maximum atomic E-state index is 10.0. The van der Waals surface area contributed by atoms with Crippen molar-refractivity contribution in [3.63, 3.8) is 0 Å². The third-order valence-electron chi connectivity index (χ3n) is 5.52. The maximum absolute atomic E-state index is 10.0. The molecular weight excluding hydrogens is 1680 g/mol. The first-order valence-electron chi connectivity index (χ1n) is 19.9. The smallest absolute Gasteiger partial charge is 0.204 e. The zero-order chi connectivity index (χ0) is 59.9. The monoisotopic (exact) mass is 1780 g/mol. The summed E-state index contributed by atoms with van der Waals surface area (Å²) in [5.74, 6) is 4.47. The molecule has 2 rings (SSSR count). The van der Waals surface area contributed by atoms with E-state index in [9.17, 15) is 9.59 Å². The topological polar surface area (TPSA) is 110 Å². The molecule has 447 valence electrons. The lowest BCUT2D eigenvalue weighted by Gasteiger charge is -2.34. The molecule has 2 aromatic rings. The molecule has 8 nitrogen and oxygen atoms in total. The van der Waals surface area contributed by atoms with E-state index < -0.39 is 0 Å². The molecule has 0 aliphatic carbocycles. The van der Waals surface area contributed by atoms with E-state index in [0.717, 1.165) is 21.6 Å². The van der Waals surface area contributed by atoms with Crippen molar-refractivity contribution in [1.29, 1.82) is 0 Å². The number of H-pyrrole nitrogens is 1. The molecule has 2 aromatic heterocycles. The molecule has 0 spiro atoms. The zero-order valence-corrected chi connectivity index (χ0v) is 88.3. The molecule has 28 unspecified atom stereocenters. The van der Waals surface area contributed by atoms with Crippen LogP contribution in [0, 0.1) is 27.7 Å². The largest absolute Gasteiger partial charge is 0.300 e. The molecule has 0 aromatic carbocycles. The van der Waals surface area contributed by atoms with Gasteiger partial charge in [-0.3, -0.25) is 25.5 Å². The zero-order valence-electron chi connectivity index (χ0n) is 46.3. The number of ketones is 2. The van der Waals surface area contributed by atoms with Crippen molar-refractivity contribution in [2.24, 2.45) is 19.9 Å². The van der Waals surface area contributed by atoms with E-state index in [1.54, 1.807) is 7.05 Å². The molecule has 9 radical (unpaired) electrons. The molecule has 75 heavy (non-hydrogen) atoms. The molecule has 0 saturated heterocycles. The molecule has 51 heteroatoms. The van der Waals surface area contributed by atoms with Gasteiger partial charge in [0.05, 0.1) is 17.8 Å². The highest BCUT2D eigenvalue weighted by Crippen LogP contribution is 3.18. The summed E-state index contributed by atoms with van der Waals surface area (Å²) in [5.41, 5.74) is 7.03. The van der Waals surface area contributed by atoms with Crippen LogP contribution in [0.5, 0.6) is 0 Å². The maximum Gasteiger partial charge on any atom is 0.204 e. The second-order valence-electron chi connectivity index (χ2n) is 11.6. The van der Waals surface area contributed by atoms with Crippen LogP contribution in [0.1, 0.15) is 84.6 Å². The molecule has 28 atom stereocenters. The van der Waals surface area contributed by atoms with E-state index in [4.69, 9.17) is 0 Å². The van der Waals surface area contributed by atoms with E-state index in [1.165, 1.54) is 30.9 Å². The van der Waals surface area contributed by atoms with E-state index in [1.807, 2.05) is 85.8 Å². The summed E-state index contributed by atoms with van der Waals surface area (Å²) in [7, 11) is 75.7. The summed E-state index contributed by atoms with van der Waals surface area (Å²) < 4.78 is 3.87. The van der Waals surface area contributed by atoms with Crippen LogP contribution in [0.25, 0.3) is 0 Å². The Morgan fingerprint density at radius 3 is 0.973 bits per heavy atom. The van der Waals surface area contributed by atoms with Gasteiger partial charge in [-0.05, 0) is 153 Å². The van der Waals surface area contributed by atoms with Crippen LogP contribution < -0.4 is 16.0 Å². The lowest BCUT2D eigenvalue weighted by molar-refractivity contribution is -0.732. The first-order chi connectivity index (χ1) is 33.0. The predicted octanol–water partition coefficient (Wildman–Crippen LogP) is 24.7. The summed E-state index contributed by atoms with van der Waals surface area (Å²) >= 11 is 0. The van der Waals surface area contributed by atoms with Gasteiger partial charge in [0, 0.05) is 51.0 Å². The van der Waals surface area contributed by atoms with E-state index >= 15 is 0 Å². The minimum atomic E-state index is -0.0625. The van der Waals surface area contributed by atoms with Crippen molar-refractivity contribution >= 4 is 363 Å².